The molecule has 6 heteroatoms. The molecule has 27 heavy (non-hydrogen) atoms. The Bertz CT molecular complexity index is 828. The van der Waals surface area contributed by atoms with E-state index in [1.807, 2.05) is 65.5 Å². The van der Waals surface area contributed by atoms with E-state index in [2.05, 4.69) is 10.4 Å². The molecule has 0 spiro atoms. The van der Waals surface area contributed by atoms with Gasteiger partial charge in [0.1, 0.15) is 18.1 Å². The first-order chi connectivity index (χ1) is 13.2. The first-order valence-corrected chi connectivity index (χ1v) is 8.86. The Labute approximate surface area is 158 Å². The van der Waals surface area contributed by atoms with Gasteiger partial charge in [-0.2, -0.15) is 5.10 Å². The Morgan fingerprint density at radius 2 is 1.81 bits per heavy atom. The third-order valence-corrected chi connectivity index (χ3v) is 4.09. The van der Waals surface area contributed by atoms with Crippen molar-refractivity contribution in [1.29, 1.82) is 0 Å². The summed E-state index contributed by atoms with van der Waals surface area (Å²) in [6.07, 6.45) is 4.49. The molecular formula is C21H23N3O3. The number of nitrogens with zero attached hydrogens (tertiary/aromatic N) is 2. The first kappa shape index (κ1) is 18.5. The van der Waals surface area contributed by atoms with Crippen LogP contribution in [0.1, 0.15) is 22.3 Å². The molecule has 3 rings (SSSR count). The molecule has 0 atom stereocenters. The van der Waals surface area contributed by atoms with Crippen molar-refractivity contribution in [3.05, 3.63) is 78.1 Å². The van der Waals surface area contributed by atoms with Gasteiger partial charge in [0.2, 0.25) is 0 Å². The molecule has 0 aliphatic carbocycles. The SMILES string of the molecule is COc1ccc(OCc2ccc(C(=O)NCCCn3cccn3)cc2)cc1. The van der Waals surface area contributed by atoms with Gasteiger partial charge in [-0.05, 0) is 54.4 Å². The van der Waals surface area contributed by atoms with Gasteiger partial charge in [-0.3, -0.25) is 9.48 Å². The molecule has 0 bridgehead atoms. The van der Waals surface area contributed by atoms with Crippen LogP contribution in [0.25, 0.3) is 0 Å². The first-order valence-electron chi connectivity index (χ1n) is 8.86. The molecular weight excluding hydrogens is 342 g/mol. The van der Waals surface area contributed by atoms with Gasteiger partial charge in [0.05, 0.1) is 7.11 Å². The molecule has 0 radical (unpaired) electrons. The number of nitrogens with one attached hydrogen (secondary N) is 1. The normalized spacial score (nSPS) is 10.4. The van der Waals surface area contributed by atoms with Crippen LogP contribution >= 0.6 is 0 Å². The number of carbonyl (C=O) groups excluding carboxylic acids is 1. The summed E-state index contributed by atoms with van der Waals surface area (Å²) in [7, 11) is 1.63. The zero-order valence-electron chi connectivity index (χ0n) is 15.3. The molecule has 1 aromatic heterocycles. The predicted molar refractivity (Wildman–Crippen MR) is 103 cm³/mol. The summed E-state index contributed by atoms with van der Waals surface area (Å²) in [5, 5.41) is 7.06. The lowest BCUT2D eigenvalue weighted by atomic mass is 10.1. The molecule has 1 N–H and O–H groups in total. The fourth-order valence-electron chi connectivity index (χ4n) is 2.57. The average molecular weight is 365 g/mol. The number of aromatic nitrogens is 2. The maximum atomic E-state index is 12.2. The van der Waals surface area contributed by atoms with Crippen LogP contribution < -0.4 is 14.8 Å². The van der Waals surface area contributed by atoms with Crippen molar-refractivity contribution < 1.29 is 14.3 Å². The van der Waals surface area contributed by atoms with E-state index < -0.39 is 0 Å². The smallest absolute Gasteiger partial charge is 0.251 e. The number of benzene rings is 2. The van der Waals surface area contributed by atoms with E-state index >= 15 is 0 Å². The van der Waals surface area contributed by atoms with E-state index in [1.165, 1.54) is 0 Å². The largest absolute Gasteiger partial charge is 0.497 e. The highest BCUT2D eigenvalue weighted by Crippen LogP contribution is 2.18. The van der Waals surface area contributed by atoms with Crippen LogP contribution in [0.5, 0.6) is 11.5 Å². The maximum Gasteiger partial charge on any atom is 0.251 e. The molecule has 1 heterocycles. The zero-order chi connectivity index (χ0) is 18.9. The van der Waals surface area contributed by atoms with Crippen LogP contribution in [-0.4, -0.2) is 29.3 Å². The molecule has 0 saturated carbocycles. The van der Waals surface area contributed by atoms with Crippen molar-refractivity contribution in [1.82, 2.24) is 15.1 Å². The van der Waals surface area contributed by atoms with Crippen molar-refractivity contribution in [2.24, 2.45) is 0 Å². The second kappa shape index (κ2) is 9.43. The van der Waals surface area contributed by atoms with Crippen molar-refractivity contribution in [3.8, 4) is 11.5 Å². The summed E-state index contributed by atoms with van der Waals surface area (Å²) in [6, 6.07) is 16.8. The summed E-state index contributed by atoms with van der Waals surface area (Å²) in [5.41, 5.74) is 1.64. The number of aryl methyl sites for hydroxylation is 1. The molecule has 140 valence electrons. The topological polar surface area (TPSA) is 65.4 Å². The molecule has 0 fully saturated rings. The molecule has 0 unspecified atom stereocenters. The third-order valence-electron chi connectivity index (χ3n) is 4.09. The fourth-order valence-corrected chi connectivity index (χ4v) is 2.57. The van der Waals surface area contributed by atoms with Crippen LogP contribution in [0.3, 0.4) is 0 Å². The number of carbonyl (C=O) groups is 1. The Balaban J connectivity index is 1.42. The van der Waals surface area contributed by atoms with Crippen LogP contribution in [0, 0.1) is 0 Å². The standard InChI is InChI=1S/C21H23N3O3/c1-26-19-8-10-20(11-9-19)27-16-17-4-6-18(7-5-17)21(25)22-12-2-14-24-15-3-13-23-24/h3-11,13,15H,2,12,14,16H2,1H3,(H,22,25). The van der Waals surface area contributed by atoms with E-state index in [9.17, 15) is 4.79 Å². The molecule has 0 aliphatic rings. The molecule has 1 amide bonds. The van der Waals surface area contributed by atoms with Crippen LogP contribution in [0.4, 0.5) is 0 Å². The van der Waals surface area contributed by atoms with Gasteiger partial charge < -0.3 is 14.8 Å². The second-order valence-corrected chi connectivity index (χ2v) is 6.04. The third kappa shape index (κ3) is 5.60. The number of methoxy groups -OCH3 is 1. The number of hydrogen-bond donors (Lipinski definition) is 1. The average Bonchev–Trinajstić information content (AvgIpc) is 3.24. The quantitative estimate of drug-likeness (QED) is 0.591. The number of ether oxygens (including phenoxy) is 2. The van der Waals surface area contributed by atoms with Gasteiger partial charge in [-0.15, -0.1) is 0 Å². The highest BCUT2D eigenvalue weighted by atomic mass is 16.5. The van der Waals surface area contributed by atoms with Gasteiger partial charge in [0, 0.05) is 31.0 Å². The minimum atomic E-state index is -0.0712. The van der Waals surface area contributed by atoms with E-state index in [0.717, 1.165) is 30.0 Å². The van der Waals surface area contributed by atoms with Crippen LogP contribution in [0.15, 0.2) is 67.0 Å². The van der Waals surface area contributed by atoms with Gasteiger partial charge >= 0.3 is 0 Å². The Kier molecular flexibility index (Phi) is 6.46. The molecule has 3 aromatic rings. The highest BCUT2D eigenvalue weighted by molar-refractivity contribution is 5.94. The monoisotopic (exact) mass is 365 g/mol. The molecule has 6 nitrogen and oxygen atoms in total. The van der Waals surface area contributed by atoms with E-state index in [4.69, 9.17) is 9.47 Å². The van der Waals surface area contributed by atoms with E-state index in [-0.39, 0.29) is 5.91 Å². The minimum absolute atomic E-state index is 0.0712. The summed E-state index contributed by atoms with van der Waals surface area (Å²) in [5.74, 6) is 1.50. The number of hydrogen-bond acceptors (Lipinski definition) is 4. The van der Waals surface area contributed by atoms with Crippen molar-refractivity contribution in [2.45, 2.75) is 19.6 Å². The summed E-state index contributed by atoms with van der Waals surface area (Å²) < 4.78 is 12.7. The molecule has 0 saturated heterocycles. The van der Waals surface area contributed by atoms with Gasteiger partial charge in [0.25, 0.3) is 5.91 Å². The number of rotatable bonds is 9. The second-order valence-electron chi connectivity index (χ2n) is 6.04. The Morgan fingerprint density at radius 3 is 2.48 bits per heavy atom. The van der Waals surface area contributed by atoms with Gasteiger partial charge in [-0.1, -0.05) is 12.1 Å². The highest BCUT2D eigenvalue weighted by Gasteiger charge is 2.05. The minimum Gasteiger partial charge on any atom is -0.497 e. The molecule has 0 aliphatic heterocycles. The summed E-state index contributed by atoms with van der Waals surface area (Å²) >= 11 is 0. The lowest BCUT2D eigenvalue weighted by Crippen LogP contribution is -2.25. The lowest BCUT2D eigenvalue weighted by molar-refractivity contribution is 0.0952. The van der Waals surface area contributed by atoms with Gasteiger partial charge in [-0.25, -0.2) is 0 Å². The van der Waals surface area contributed by atoms with Crippen molar-refractivity contribution >= 4 is 5.91 Å². The summed E-state index contributed by atoms with van der Waals surface area (Å²) in [4.78, 5) is 12.2. The zero-order valence-corrected chi connectivity index (χ0v) is 15.3. The van der Waals surface area contributed by atoms with Crippen LogP contribution in [-0.2, 0) is 13.2 Å². The maximum absolute atomic E-state index is 12.2. The van der Waals surface area contributed by atoms with Crippen LogP contribution in [0.2, 0.25) is 0 Å². The summed E-state index contributed by atoms with van der Waals surface area (Å²) in [6.45, 7) is 1.84. The van der Waals surface area contributed by atoms with Gasteiger partial charge in [0.15, 0.2) is 0 Å². The lowest BCUT2D eigenvalue weighted by Gasteiger charge is -2.09. The van der Waals surface area contributed by atoms with Crippen molar-refractivity contribution in [3.63, 3.8) is 0 Å². The van der Waals surface area contributed by atoms with Crippen molar-refractivity contribution in [2.75, 3.05) is 13.7 Å². The Morgan fingerprint density at radius 1 is 1.07 bits per heavy atom. The molecule has 2 aromatic carbocycles. The van der Waals surface area contributed by atoms with E-state index in [1.54, 1.807) is 13.3 Å². The van der Waals surface area contributed by atoms with E-state index in [0.29, 0.717) is 18.7 Å². The fraction of sp³-hybridized carbons (Fsp3) is 0.238. The number of amides is 1. The predicted octanol–water partition coefficient (Wildman–Crippen LogP) is 3.29. The Hall–Kier alpha value is -3.28.